The first-order valence-corrected chi connectivity index (χ1v) is 3.96. The monoisotopic (exact) mass is 155 g/mol. The van der Waals surface area contributed by atoms with E-state index in [2.05, 4.69) is 0 Å². The standard InChI is InChI=1S/C8H13NO2/c9-6-8(7(10)11)4-2-1-3-5-8/h6,9H,1-5H2,(H,10,11). The van der Waals surface area contributed by atoms with Gasteiger partial charge in [0, 0.05) is 6.21 Å². The minimum Gasteiger partial charge on any atom is -0.481 e. The minimum absolute atomic E-state index is 0.645. The molecule has 0 aromatic heterocycles. The number of hydrogen-bond donors (Lipinski definition) is 2. The molecule has 3 heteroatoms. The third-order valence-electron chi connectivity index (χ3n) is 2.45. The van der Waals surface area contributed by atoms with Crippen molar-refractivity contribution in [2.45, 2.75) is 32.1 Å². The van der Waals surface area contributed by atoms with Gasteiger partial charge in [-0.05, 0) is 12.8 Å². The van der Waals surface area contributed by atoms with Crippen LogP contribution in [0, 0.1) is 10.8 Å². The SMILES string of the molecule is N=CC1(C(=O)O)CCCCC1. The summed E-state index contributed by atoms with van der Waals surface area (Å²) >= 11 is 0. The van der Waals surface area contributed by atoms with Crippen molar-refractivity contribution in [3.63, 3.8) is 0 Å². The lowest BCUT2D eigenvalue weighted by atomic mass is 9.75. The summed E-state index contributed by atoms with van der Waals surface area (Å²) in [6.07, 6.45) is 5.40. The number of carboxylic acid groups (broad SMARTS) is 1. The van der Waals surface area contributed by atoms with E-state index >= 15 is 0 Å². The largest absolute Gasteiger partial charge is 0.481 e. The van der Waals surface area contributed by atoms with Crippen molar-refractivity contribution >= 4 is 12.2 Å². The van der Waals surface area contributed by atoms with Gasteiger partial charge in [0.15, 0.2) is 0 Å². The molecule has 0 unspecified atom stereocenters. The second kappa shape index (κ2) is 3.03. The van der Waals surface area contributed by atoms with E-state index in [0.717, 1.165) is 25.5 Å². The average molecular weight is 155 g/mol. The molecule has 1 aliphatic carbocycles. The van der Waals surface area contributed by atoms with E-state index in [1.54, 1.807) is 0 Å². The molecule has 0 aromatic carbocycles. The highest BCUT2D eigenvalue weighted by atomic mass is 16.4. The van der Waals surface area contributed by atoms with E-state index in [9.17, 15) is 4.79 Å². The van der Waals surface area contributed by atoms with Crippen molar-refractivity contribution in [3.05, 3.63) is 0 Å². The van der Waals surface area contributed by atoms with E-state index in [4.69, 9.17) is 10.5 Å². The van der Waals surface area contributed by atoms with E-state index in [-0.39, 0.29) is 0 Å². The summed E-state index contributed by atoms with van der Waals surface area (Å²) in [5.41, 5.74) is -0.821. The predicted octanol–water partition coefficient (Wildman–Crippen LogP) is 1.67. The fourth-order valence-electron chi connectivity index (χ4n) is 1.60. The van der Waals surface area contributed by atoms with Gasteiger partial charge in [-0.15, -0.1) is 0 Å². The van der Waals surface area contributed by atoms with Crippen LogP contribution in [-0.2, 0) is 4.79 Å². The Morgan fingerprint density at radius 2 is 1.91 bits per heavy atom. The molecule has 1 rings (SSSR count). The molecule has 0 radical (unpaired) electrons. The minimum atomic E-state index is -0.827. The maximum absolute atomic E-state index is 10.8. The molecule has 1 fully saturated rings. The topological polar surface area (TPSA) is 61.2 Å². The number of nitrogens with one attached hydrogen (secondary N) is 1. The lowest BCUT2D eigenvalue weighted by molar-refractivity contribution is -0.146. The zero-order chi connectivity index (χ0) is 8.32. The van der Waals surface area contributed by atoms with Crippen LogP contribution in [0.15, 0.2) is 0 Å². The third kappa shape index (κ3) is 1.42. The van der Waals surface area contributed by atoms with Gasteiger partial charge in [-0.25, -0.2) is 0 Å². The van der Waals surface area contributed by atoms with Gasteiger partial charge in [0.25, 0.3) is 0 Å². The van der Waals surface area contributed by atoms with E-state index < -0.39 is 11.4 Å². The molecule has 0 aromatic rings. The van der Waals surface area contributed by atoms with Crippen LogP contribution in [0.3, 0.4) is 0 Å². The normalized spacial score (nSPS) is 22.5. The molecule has 2 N–H and O–H groups in total. The lowest BCUT2D eigenvalue weighted by Crippen LogP contribution is -2.34. The van der Waals surface area contributed by atoms with E-state index in [1.807, 2.05) is 0 Å². The Labute approximate surface area is 65.9 Å². The zero-order valence-electron chi connectivity index (χ0n) is 6.47. The molecule has 0 saturated heterocycles. The lowest BCUT2D eigenvalue weighted by Gasteiger charge is -2.28. The van der Waals surface area contributed by atoms with Crippen molar-refractivity contribution < 1.29 is 9.90 Å². The Morgan fingerprint density at radius 3 is 2.18 bits per heavy atom. The molecule has 0 atom stereocenters. The van der Waals surface area contributed by atoms with Crippen LogP contribution in [0.2, 0.25) is 0 Å². The van der Waals surface area contributed by atoms with Gasteiger partial charge >= 0.3 is 5.97 Å². The summed E-state index contributed by atoms with van der Waals surface area (Å²) in [4.78, 5) is 10.8. The number of carboxylic acids is 1. The predicted molar refractivity (Wildman–Crippen MR) is 41.9 cm³/mol. The van der Waals surface area contributed by atoms with Crippen molar-refractivity contribution in [2.75, 3.05) is 0 Å². The molecular formula is C8H13NO2. The maximum atomic E-state index is 10.8. The molecule has 62 valence electrons. The molecule has 0 heterocycles. The van der Waals surface area contributed by atoms with Crippen LogP contribution in [0.4, 0.5) is 0 Å². The smallest absolute Gasteiger partial charge is 0.315 e. The van der Waals surface area contributed by atoms with Crippen molar-refractivity contribution in [2.24, 2.45) is 5.41 Å². The highest BCUT2D eigenvalue weighted by Crippen LogP contribution is 2.34. The number of rotatable bonds is 2. The Hall–Kier alpha value is -0.860. The molecule has 1 aliphatic rings. The van der Waals surface area contributed by atoms with Gasteiger partial charge in [-0.3, -0.25) is 4.79 Å². The average Bonchev–Trinajstić information content (AvgIpc) is 2.05. The first-order chi connectivity index (χ1) is 5.21. The van der Waals surface area contributed by atoms with Gasteiger partial charge < -0.3 is 10.5 Å². The number of aliphatic carboxylic acids is 1. The van der Waals surface area contributed by atoms with E-state index in [1.165, 1.54) is 0 Å². The molecule has 0 spiro atoms. The van der Waals surface area contributed by atoms with Gasteiger partial charge in [0.2, 0.25) is 0 Å². The third-order valence-corrected chi connectivity index (χ3v) is 2.45. The first kappa shape index (κ1) is 8.24. The molecular weight excluding hydrogens is 142 g/mol. The van der Waals surface area contributed by atoms with Crippen molar-refractivity contribution in [1.29, 1.82) is 5.41 Å². The van der Waals surface area contributed by atoms with Crippen LogP contribution in [0.5, 0.6) is 0 Å². The molecule has 11 heavy (non-hydrogen) atoms. The molecule has 0 bridgehead atoms. The quantitative estimate of drug-likeness (QED) is 0.596. The fourth-order valence-corrected chi connectivity index (χ4v) is 1.60. The Bertz CT molecular complexity index is 171. The molecule has 0 amide bonds. The van der Waals surface area contributed by atoms with Crippen molar-refractivity contribution in [1.82, 2.24) is 0 Å². The zero-order valence-corrected chi connectivity index (χ0v) is 6.47. The second-order valence-electron chi connectivity index (χ2n) is 3.17. The van der Waals surface area contributed by atoms with Crippen LogP contribution >= 0.6 is 0 Å². The maximum Gasteiger partial charge on any atom is 0.315 e. The van der Waals surface area contributed by atoms with Gasteiger partial charge in [0.05, 0.1) is 0 Å². The highest BCUT2D eigenvalue weighted by Gasteiger charge is 2.37. The summed E-state index contributed by atoms with van der Waals surface area (Å²) in [6.45, 7) is 0. The number of hydrogen-bond acceptors (Lipinski definition) is 2. The van der Waals surface area contributed by atoms with E-state index in [0.29, 0.717) is 12.8 Å². The summed E-state index contributed by atoms with van der Waals surface area (Å²) < 4.78 is 0. The van der Waals surface area contributed by atoms with Crippen LogP contribution in [0.25, 0.3) is 0 Å². The van der Waals surface area contributed by atoms with Crippen LogP contribution in [-0.4, -0.2) is 17.3 Å². The first-order valence-electron chi connectivity index (χ1n) is 3.96. The molecule has 0 aliphatic heterocycles. The van der Waals surface area contributed by atoms with Gasteiger partial charge in [0.1, 0.15) is 5.41 Å². The Balaban J connectivity index is 2.72. The Kier molecular flexibility index (Phi) is 2.27. The van der Waals surface area contributed by atoms with Crippen LogP contribution in [0.1, 0.15) is 32.1 Å². The number of carbonyl (C=O) groups is 1. The van der Waals surface area contributed by atoms with Gasteiger partial charge in [-0.1, -0.05) is 19.3 Å². The highest BCUT2D eigenvalue weighted by molar-refractivity contribution is 5.92. The summed E-state index contributed by atoms with van der Waals surface area (Å²) in [5.74, 6) is -0.827. The molecule has 3 nitrogen and oxygen atoms in total. The molecule has 1 saturated carbocycles. The second-order valence-corrected chi connectivity index (χ2v) is 3.17. The Morgan fingerprint density at radius 1 is 1.36 bits per heavy atom. The van der Waals surface area contributed by atoms with Crippen LogP contribution < -0.4 is 0 Å². The van der Waals surface area contributed by atoms with Gasteiger partial charge in [-0.2, -0.15) is 0 Å². The van der Waals surface area contributed by atoms with Crippen molar-refractivity contribution in [3.8, 4) is 0 Å². The fraction of sp³-hybridized carbons (Fsp3) is 0.750. The summed E-state index contributed by atoms with van der Waals surface area (Å²) in [5, 5.41) is 15.9. The summed E-state index contributed by atoms with van der Waals surface area (Å²) in [7, 11) is 0. The summed E-state index contributed by atoms with van der Waals surface area (Å²) in [6, 6.07) is 0.